The van der Waals surface area contributed by atoms with E-state index < -0.39 is 0 Å². The van der Waals surface area contributed by atoms with Crippen LogP contribution in [0.5, 0.6) is 0 Å². The van der Waals surface area contributed by atoms with Crippen LogP contribution in [0.15, 0.2) is 0 Å². The minimum absolute atomic E-state index is 0.264. The third kappa shape index (κ3) is 3.74. The van der Waals surface area contributed by atoms with Crippen molar-refractivity contribution in [3.8, 4) is 0 Å². The Bertz CT molecular complexity index is 193. The Morgan fingerprint density at radius 2 is 2.00 bits per heavy atom. The van der Waals surface area contributed by atoms with Crippen molar-refractivity contribution in [1.29, 1.82) is 0 Å². The molecule has 2 heteroatoms. The number of aliphatic hydroxyl groups is 1. The number of hydrogen-bond donors (Lipinski definition) is 2. The summed E-state index contributed by atoms with van der Waals surface area (Å²) in [5.41, 5.74) is 0. The molecule has 96 valence electrons. The molecule has 0 saturated heterocycles. The summed E-state index contributed by atoms with van der Waals surface area (Å²) in [4.78, 5) is 0. The van der Waals surface area contributed by atoms with Crippen LogP contribution in [0.3, 0.4) is 0 Å². The molecular formula is C14H29NO. The molecule has 2 nitrogen and oxygen atoms in total. The molecular weight excluding hydrogens is 198 g/mol. The summed E-state index contributed by atoms with van der Waals surface area (Å²) < 4.78 is 0. The van der Waals surface area contributed by atoms with E-state index in [1.165, 1.54) is 25.7 Å². The smallest absolute Gasteiger partial charge is 0.0587 e. The molecule has 0 amide bonds. The van der Waals surface area contributed by atoms with Crippen LogP contribution in [0.1, 0.15) is 53.4 Å². The molecule has 0 aromatic carbocycles. The second-order valence-electron chi connectivity index (χ2n) is 5.89. The summed E-state index contributed by atoms with van der Waals surface area (Å²) in [6, 6.07) is 0.896. The molecule has 0 aromatic rings. The fourth-order valence-electron chi connectivity index (χ4n) is 2.90. The van der Waals surface area contributed by atoms with E-state index in [0.717, 1.165) is 11.8 Å². The van der Waals surface area contributed by atoms with Crippen LogP contribution in [0, 0.1) is 17.8 Å². The quantitative estimate of drug-likeness (QED) is 0.757. The second-order valence-corrected chi connectivity index (χ2v) is 5.89. The van der Waals surface area contributed by atoms with Crippen molar-refractivity contribution in [2.45, 2.75) is 65.5 Å². The maximum Gasteiger partial charge on any atom is 0.0587 e. The predicted molar refractivity (Wildman–Crippen MR) is 69.4 cm³/mol. The van der Waals surface area contributed by atoms with Gasteiger partial charge in [0.1, 0.15) is 0 Å². The Morgan fingerprint density at radius 1 is 1.31 bits per heavy atom. The van der Waals surface area contributed by atoms with Gasteiger partial charge in [-0.3, -0.25) is 0 Å². The summed E-state index contributed by atoms with van der Waals surface area (Å²) >= 11 is 0. The molecule has 1 aliphatic carbocycles. The molecule has 16 heavy (non-hydrogen) atoms. The molecule has 4 atom stereocenters. The van der Waals surface area contributed by atoms with E-state index in [9.17, 15) is 5.11 Å². The van der Waals surface area contributed by atoms with Crippen LogP contribution in [0.2, 0.25) is 0 Å². The Balaban J connectivity index is 2.50. The van der Waals surface area contributed by atoms with Crippen molar-refractivity contribution in [1.82, 2.24) is 5.32 Å². The number of aliphatic hydroxyl groups excluding tert-OH is 1. The molecule has 2 N–H and O–H groups in total. The van der Waals surface area contributed by atoms with E-state index in [0.29, 0.717) is 12.0 Å². The first-order valence-corrected chi connectivity index (χ1v) is 6.95. The van der Waals surface area contributed by atoms with Crippen molar-refractivity contribution in [2.24, 2.45) is 17.8 Å². The summed E-state index contributed by atoms with van der Waals surface area (Å²) in [7, 11) is 0. The van der Waals surface area contributed by atoms with E-state index in [1.807, 2.05) is 0 Å². The zero-order chi connectivity index (χ0) is 12.1. The molecule has 0 aliphatic heterocycles. The molecule has 1 rings (SSSR count). The molecule has 0 radical (unpaired) electrons. The average molecular weight is 227 g/mol. The monoisotopic (exact) mass is 227 g/mol. The van der Waals surface area contributed by atoms with Gasteiger partial charge in [-0.1, -0.05) is 34.1 Å². The summed E-state index contributed by atoms with van der Waals surface area (Å²) in [6.45, 7) is 9.28. The van der Waals surface area contributed by atoms with Gasteiger partial charge in [0.2, 0.25) is 0 Å². The molecule has 1 fully saturated rings. The topological polar surface area (TPSA) is 32.3 Å². The van der Waals surface area contributed by atoms with Crippen molar-refractivity contribution < 1.29 is 5.11 Å². The Kier molecular flexibility index (Phi) is 5.77. The fraction of sp³-hybridized carbons (Fsp3) is 1.00. The highest BCUT2D eigenvalue weighted by atomic mass is 16.3. The lowest BCUT2D eigenvalue weighted by atomic mass is 9.77. The molecule has 0 aromatic heterocycles. The van der Waals surface area contributed by atoms with E-state index in [2.05, 4.69) is 33.0 Å². The van der Waals surface area contributed by atoms with Gasteiger partial charge >= 0.3 is 0 Å². The highest BCUT2D eigenvalue weighted by Gasteiger charge is 2.29. The molecule has 1 aliphatic rings. The first kappa shape index (κ1) is 14.0. The van der Waals surface area contributed by atoms with Gasteiger partial charge in [-0.25, -0.2) is 0 Å². The van der Waals surface area contributed by atoms with E-state index in [-0.39, 0.29) is 12.6 Å². The van der Waals surface area contributed by atoms with Gasteiger partial charge < -0.3 is 10.4 Å². The van der Waals surface area contributed by atoms with Crippen LogP contribution in [-0.4, -0.2) is 23.8 Å². The number of rotatable bonds is 5. The third-order valence-corrected chi connectivity index (χ3v) is 4.20. The summed E-state index contributed by atoms with van der Waals surface area (Å²) in [5, 5.41) is 13.1. The molecule has 0 spiro atoms. The Morgan fingerprint density at radius 3 is 2.50 bits per heavy atom. The summed E-state index contributed by atoms with van der Waals surface area (Å²) in [6.07, 6.45) is 5.23. The predicted octanol–water partition coefficient (Wildman–Crippen LogP) is 2.81. The van der Waals surface area contributed by atoms with Gasteiger partial charge in [-0.05, 0) is 37.0 Å². The zero-order valence-electron chi connectivity index (χ0n) is 11.4. The average Bonchev–Trinajstić information content (AvgIpc) is 2.26. The van der Waals surface area contributed by atoms with Gasteiger partial charge in [-0.2, -0.15) is 0 Å². The van der Waals surface area contributed by atoms with E-state index >= 15 is 0 Å². The van der Waals surface area contributed by atoms with E-state index in [1.54, 1.807) is 0 Å². The SMILES string of the molecule is CCC1CC(C)CCC1N[C@H](CO)C(C)C. The fourth-order valence-corrected chi connectivity index (χ4v) is 2.90. The Labute approximate surface area is 101 Å². The normalized spacial score (nSPS) is 33.0. The van der Waals surface area contributed by atoms with Crippen molar-refractivity contribution >= 4 is 0 Å². The first-order valence-electron chi connectivity index (χ1n) is 6.95. The highest BCUT2D eigenvalue weighted by Crippen LogP contribution is 2.31. The van der Waals surface area contributed by atoms with Gasteiger partial charge in [0.25, 0.3) is 0 Å². The van der Waals surface area contributed by atoms with Crippen molar-refractivity contribution in [3.05, 3.63) is 0 Å². The first-order chi connectivity index (χ1) is 7.58. The van der Waals surface area contributed by atoms with Gasteiger partial charge in [-0.15, -0.1) is 0 Å². The minimum atomic E-state index is 0.264. The van der Waals surface area contributed by atoms with Gasteiger partial charge in [0.05, 0.1) is 6.61 Å². The molecule has 0 bridgehead atoms. The van der Waals surface area contributed by atoms with Crippen LogP contribution in [0.4, 0.5) is 0 Å². The number of nitrogens with one attached hydrogen (secondary N) is 1. The van der Waals surface area contributed by atoms with Crippen LogP contribution < -0.4 is 5.32 Å². The van der Waals surface area contributed by atoms with Crippen molar-refractivity contribution in [3.63, 3.8) is 0 Å². The Hall–Kier alpha value is -0.0800. The molecule has 1 saturated carbocycles. The van der Waals surface area contributed by atoms with Gasteiger partial charge in [0.15, 0.2) is 0 Å². The summed E-state index contributed by atoms with van der Waals surface area (Å²) in [5.74, 6) is 2.20. The van der Waals surface area contributed by atoms with Crippen LogP contribution in [0.25, 0.3) is 0 Å². The second kappa shape index (κ2) is 6.61. The highest BCUT2D eigenvalue weighted by molar-refractivity contribution is 4.86. The molecule has 3 unspecified atom stereocenters. The van der Waals surface area contributed by atoms with Crippen molar-refractivity contribution in [2.75, 3.05) is 6.61 Å². The molecule has 0 heterocycles. The lowest BCUT2D eigenvalue weighted by Gasteiger charge is -2.38. The standard InChI is InChI=1S/C14H29NO/c1-5-12-8-11(4)6-7-13(12)15-14(9-16)10(2)3/h10-16H,5-9H2,1-4H3/t11?,12?,13?,14-/m1/s1. The third-order valence-electron chi connectivity index (χ3n) is 4.20. The lowest BCUT2D eigenvalue weighted by Crippen LogP contribution is -2.48. The maximum atomic E-state index is 9.38. The number of hydrogen-bond acceptors (Lipinski definition) is 2. The zero-order valence-corrected chi connectivity index (χ0v) is 11.4. The lowest BCUT2D eigenvalue weighted by molar-refractivity contribution is 0.146. The maximum absolute atomic E-state index is 9.38. The van der Waals surface area contributed by atoms with Crippen LogP contribution in [-0.2, 0) is 0 Å². The largest absolute Gasteiger partial charge is 0.395 e. The minimum Gasteiger partial charge on any atom is -0.395 e. The van der Waals surface area contributed by atoms with Crippen LogP contribution >= 0.6 is 0 Å². The van der Waals surface area contributed by atoms with E-state index in [4.69, 9.17) is 0 Å². The van der Waals surface area contributed by atoms with Gasteiger partial charge in [0, 0.05) is 12.1 Å².